The molecule has 4 N–H and O–H groups in total. The smallest absolute Gasteiger partial charge is 0.492 e. The van der Waals surface area contributed by atoms with Crippen LogP contribution in [0.2, 0.25) is 0 Å². The van der Waals surface area contributed by atoms with Gasteiger partial charge in [-0.25, -0.2) is 5.43 Å². The van der Waals surface area contributed by atoms with Gasteiger partial charge >= 0.3 is 7.12 Å². The van der Waals surface area contributed by atoms with Crippen molar-refractivity contribution in [3.8, 4) is 5.75 Å². The summed E-state index contributed by atoms with van der Waals surface area (Å²) in [5.74, 6) is 0.537. The molecule has 0 unspecified atom stereocenters. The lowest BCUT2D eigenvalue weighted by Gasteiger charge is -2.17. The molecule has 0 aliphatic carbocycles. The van der Waals surface area contributed by atoms with Crippen LogP contribution in [-0.2, 0) is 6.54 Å². The first-order valence-electron chi connectivity index (χ1n) is 7.78. The molecule has 23 heavy (non-hydrogen) atoms. The van der Waals surface area contributed by atoms with Crippen molar-refractivity contribution in [3.05, 3.63) is 53.6 Å². The molecule has 5 nitrogen and oxygen atoms in total. The average molecular weight is 314 g/mol. The molecular formula is C17H23BN2O3. The molecule has 2 aromatic carbocycles. The Labute approximate surface area is 137 Å². The first kappa shape index (κ1) is 17.3. The van der Waals surface area contributed by atoms with Crippen LogP contribution in [0.1, 0.15) is 24.5 Å². The Hall–Kier alpha value is -2.02. The first-order valence-corrected chi connectivity index (χ1v) is 7.78. The highest BCUT2D eigenvalue weighted by molar-refractivity contribution is 6.59. The van der Waals surface area contributed by atoms with Crippen molar-refractivity contribution in [3.63, 3.8) is 0 Å². The summed E-state index contributed by atoms with van der Waals surface area (Å²) in [6.45, 7) is 4.96. The summed E-state index contributed by atoms with van der Waals surface area (Å²) in [5.41, 5.74) is 9.44. The third-order valence-corrected chi connectivity index (χ3v) is 3.35. The van der Waals surface area contributed by atoms with E-state index in [0.717, 1.165) is 23.2 Å². The fraction of sp³-hybridized carbons (Fsp3) is 0.294. The zero-order valence-electron chi connectivity index (χ0n) is 13.5. The van der Waals surface area contributed by atoms with Crippen molar-refractivity contribution >= 4 is 18.3 Å². The van der Waals surface area contributed by atoms with Gasteiger partial charge in [0.2, 0.25) is 0 Å². The minimum absolute atomic E-state index is 0.398. The Kier molecular flexibility index (Phi) is 6.46. The largest absolute Gasteiger partial charge is 0.494 e. The van der Waals surface area contributed by atoms with E-state index in [9.17, 15) is 10.0 Å². The van der Waals surface area contributed by atoms with E-state index >= 15 is 0 Å². The standard InChI is InChI=1S/C17H23BN2O3/c1-3-9-23-17-14(10-13(2)11-16(17)18(21)22)12-19-20-15-7-5-4-6-8-15/h4-8,10-11,19-22H,3,9,12H2,1-2H3. The van der Waals surface area contributed by atoms with E-state index in [1.807, 2.05) is 50.2 Å². The Morgan fingerprint density at radius 2 is 1.87 bits per heavy atom. The third kappa shape index (κ3) is 4.99. The topological polar surface area (TPSA) is 73.8 Å². The Bertz CT molecular complexity index is 621. The van der Waals surface area contributed by atoms with Crippen LogP contribution in [0.15, 0.2) is 42.5 Å². The number of para-hydroxylation sites is 1. The lowest BCUT2D eigenvalue weighted by atomic mass is 9.77. The van der Waals surface area contributed by atoms with Crippen LogP contribution in [-0.4, -0.2) is 23.8 Å². The van der Waals surface area contributed by atoms with Gasteiger partial charge in [0, 0.05) is 23.3 Å². The molecule has 0 atom stereocenters. The fourth-order valence-electron chi connectivity index (χ4n) is 2.34. The van der Waals surface area contributed by atoms with E-state index in [1.54, 1.807) is 6.07 Å². The molecule has 0 saturated heterocycles. The number of nitrogens with one attached hydrogen (secondary N) is 2. The summed E-state index contributed by atoms with van der Waals surface area (Å²) in [7, 11) is -1.55. The van der Waals surface area contributed by atoms with Crippen molar-refractivity contribution in [2.45, 2.75) is 26.8 Å². The number of hydrogen-bond acceptors (Lipinski definition) is 5. The normalized spacial score (nSPS) is 10.4. The molecule has 2 rings (SSSR count). The summed E-state index contributed by atoms with van der Waals surface area (Å²) >= 11 is 0. The van der Waals surface area contributed by atoms with Gasteiger partial charge < -0.3 is 20.2 Å². The summed E-state index contributed by atoms with van der Waals surface area (Å²) < 4.78 is 5.75. The molecule has 0 spiro atoms. The van der Waals surface area contributed by atoms with Crippen LogP contribution < -0.4 is 21.1 Å². The van der Waals surface area contributed by atoms with Gasteiger partial charge in [0.05, 0.1) is 6.61 Å². The van der Waals surface area contributed by atoms with E-state index in [1.165, 1.54) is 0 Å². The van der Waals surface area contributed by atoms with Gasteiger partial charge in [-0.2, -0.15) is 0 Å². The van der Waals surface area contributed by atoms with E-state index in [0.29, 0.717) is 24.4 Å². The van der Waals surface area contributed by atoms with Crippen molar-refractivity contribution in [1.82, 2.24) is 5.43 Å². The van der Waals surface area contributed by atoms with E-state index < -0.39 is 7.12 Å². The maximum Gasteiger partial charge on any atom is 0.492 e. The summed E-state index contributed by atoms with van der Waals surface area (Å²) in [4.78, 5) is 0. The highest BCUT2D eigenvalue weighted by Crippen LogP contribution is 2.19. The van der Waals surface area contributed by atoms with Gasteiger partial charge in [0.25, 0.3) is 0 Å². The van der Waals surface area contributed by atoms with Gasteiger partial charge in [-0.3, -0.25) is 0 Å². The molecule has 0 aliphatic rings. The molecule has 6 heteroatoms. The fourth-order valence-corrected chi connectivity index (χ4v) is 2.34. The highest BCUT2D eigenvalue weighted by atomic mass is 16.5. The monoisotopic (exact) mass is 314 g/mol. The Morgan fingerprint density at radius 3 is 2.52 bits per heavy atom. The van der Waals surface area contributed by atoms with Gasteiger partial charge in [-0.1, -0.05) is 42.8 Å². The predicted octanol–water partition coefficient (Wildman–Crippen LogP) is 1.58. The van der Waals surface area contributed by atoms with Gasteiger partial charge in [0.15, 0.2) is 0 Å². The minimum Gasteiger partial charge on any atom is -0.494 e. The summed E-state index contributed by atoms with van der Waals surface area (Å²) in [6.07, 6.45) is 0.851. The van der Waals surface area contributed by atoms with Gasteiger partial charge in [0.1, 0.15) is 5.75 Å². The number of ether oxygens (including phenoxy) is 1. The van der Waals surface area contributed by atoms with Crippen LogP contribution in [0.25, 0.3) is 0 Å². The molecule has 0 aromatic heterocycles. The summed E-state index contributed by atoms with van der Waals surface area (Å²) in [5, 5.41) is 19.2. The second-order valence-corrected chi connectivity index (χ2v) is 5.41. The first-order chi connectivity index (χ1) is 11.1. The van der Waals surface area contributed by atoms with E-state index in [2.05, 4.69) is 10.9 Å². The SMILES string of the molecule is CCCOc1c(CNNc2ccccc2)cc(C)cc1B(O)O. The third-order valence-electron chi connectivity index (χ3n) is 3.35. The van der Waals surface area contributed by atoms with Crippen molar-refractivity contribution in [2.75, 3.05) is 12.0 Å². The molecule has 0 amide bonds. The maximum atomic E-state index is 9.60. The number of hydrazine groups is 1. The number of aryl methyl sites for hydroxylation is 1. The highest BCUT2D eigenvalue weighted by Gasteiger charge is 2.20. The van der Waals surface area contributed by atoms with Crippen molar-refractivity contribution < 1.29 is 14.8 Å². The molecule has 2 aromatic rings. The number of hydrogen-bond donors (Lipinski definition) is 4. The molecule has 0 bridgehead atoms. The molecule has 0 aliphatic heterocycles. The maximum absolute atomic E-state index is 9.60. The zero-order valence-corrected chi connectivity index (χ0v) is 13.5. The number of benzene rings is 2. The molecule has 122 valence electrons. The van der Waals surface area contributed by atoms with Crippen LogP contribution in [0.4, 0.5) is 5.69 Å². The van der Waals surface area contributed by atoms with Gasteiger partial charge in [-0.05, 0) is 25.5 Å². The molecular weight excluding hydrogens is 291 g/mol. The second kappa shape index (κ2) is 8.57. The van der Waals surface area contributed by atoms with Gasteiger partial charge in [-0.15, -0.1) is 0 Å². The Morgan fingerprint density at radius 1 is 1.13 bits per heavy atom. The van der Waals surface area contributed by atoms with E-state index in [4.69, 9.17) is 4.74 Å². The molecule has 0 fully saturated rings. The Balaban J connectivity index is 2.15. The van der Waals surface area contributed by atoms with Crippen LogP contribution in [0.5, 0.6) is 5.75 Å². The lowest BCUT2D eigenvalue weighted by molar-refractivity contribution is 0.314. The second-order valence-electron chi connectivity index (χ2n) is 5.41. The minimum atomic E-state index is -1.55. The van der Waals surface area contributed by atoms with Crippen LogP contribution in [0.3, 0.4) is 0 Å². The molecule has 0 heterocycles. The summed E-state index contributed by atoms with van der Waals surface area (Å²) in [6, 6.07) is 13.5. The number of rotatable bonds is 8. The molecule has 0 saturated carbocycles. The van der Waals surface area contributed by atoms with Crippen molar-refractivity contribution in [1.29, 1.82) is 0 Å². The predicted molar refractivity (Wildman–Crippen MR) is 93.7 cm³/mol. The van der Waals surface area contributed by atoms with E-state index in [-0.39, 0.29) is 0 Å². The lowest BCUT2D eigenvalue weighted by Crippen LogP contribution is -2.33. The molecule has 0 radical (unpaired) electrons. The number of anilines is 1. The zero-order chi connectivity index (χ0) is 16.7. The van der Waals surface area contributed by atoms with Crippen LogP contribution in [0, 0.1) is 6.92 Å². The van der Waals surface area contributed by atoms with Crippen molar-refractivity contribution in [2.24, 2.45) is 0 Å². The average Bonchev–Trinajstić information content (AvgIpc) is 2.54. The quantitative estimate of drug-likeness (QED) is 0.440. The van der Waals surface area contributed by atoms with Crippen LogP contribution >= 0.6 is 0 Å².